The van der Waals surface area contributed by atoms with Crippen molar-refractivity contribution >= 4 is 17.7 Å². The van der Waals surface area contributed by atoms with Crippen molar-refractivity contribution in [2.45, 2.75) is 6.92 Å². The van der Waals surface area contributed by atoms with Crippen molar-refractivity contribution in [2.24, 2.45) is 0 Å². The Labute approximate surface area is 126 Å². The topological polar surface area (TPSA) is 88.1 Å². The van der Waals surface area contributed by atoms with E-state index in [0.29, 0.717) is 17.1 Å². The molecule has 0 unspecified atom stereocenters. The van der Waals surface area contributed by atoms with E-state index in [-0.39, 0.29) is 13.4 Å². The summed E-state index contributed by atoms with van der Waals surface area (Å²) in [6, 6.07) is 4.68. The van der Waals surface area contributed by atoms with Gasteiger partial charge in [0.1, 0.15) is 0 Å². The van der Waals surface area contributed by atoms with Gasteiger partial charge >= 0.3 is 11.9 Å². The third-order valence-electron chi connectivity index (χ3n) is 2.68. The maximum Gasteiger partial charge on any atom is 0.331 e. The van der Waals surface area contributed by atoms with E-state index < -0.39 is 24.3 Å². The van der Waals surface area contributed by atoms with Crippen molar-refractivity contribution < 1.29 is 33.3 Å². The molecular weight excluding hydrogens is 292 g/mol. The highest BCUT2D eigenvalue weighted by Gasteiger charge is 2.16. The third-order valence-corrected chi connectivity index (χ3v) is 2.68. The Hall–Kier alpha value is -2.83. The molecule has 1 heterocycles. The van der Waals surface area contributed by atoms with Crippen LogP contribution in [0.4, 0.5) is 0 Å². The van der Waals surface area contributed by atoms with Crippen molar-refractivity contribution in [1.82, 2.24) is 0 Å². The molecular formula is C15H14O7. The number of esters is 2. The Kier molecular flexibility index (Phi) is 5.13. The fourth-order valence-corrected chi connectivity index (χ4v) is 1.66. The summed E-state index contributed by atoms with van der Waals surface area (Å²) in [5, 5.41) is 0. The first-order chi connectivity index (χ1) is 10.6. The van der Waals surface area contributed by atoms with Gasteiger partial charge in [-0.05, 0) is 25.1 Å². The lowest BCUT2D eigenvalue weighted by Gasteiger charge is -2.03. The van der Waals surface area contributed by atoms with Gasteiger partial charge < -0.3 is 18.9 Å². The molecule has 0 aliphatic carbocycles. The van der Waals surface area contributed by atoms with E-state index in [4.69, 9.17) is 14.2 Å². The number of ether oxygens (including phenoxy) is 4. The van der Waals surface area contributed by atoms with Crippen LogP contribution in [0.3, 0.4) is 0 Å². The maximum absolute atomic E-state index is 11.9. The summed E-state index contributed by atoms with van der Waals surface area (Å²) in [6.07, 6.45) is 1.85. The molecule has 0 saturated carbocycles. The molecule has 0 bridgehead atoms. The van der Waals surface area contributed by atoms with Crippen molar-refractivity contribution in [1.29, 1.82) is 0 Å². The normalized spacial score (nSPS) is 12.2. The Morgan fingerprint density at radius 2 is 1.77 bits per heavy atom. The summed E-state index contributed by atoms with van der Waals surface area (Å²) in [6.45, 7) is 1.53. The highest BCUT2D eigenvalue weighted by molar-refractivity contribution is 5.99. The van der Waals surface area contributed by atoms with Crippen LogP contribution < -0.4 is 9.47 Å². The molecule has 0 atom stereocenters. The molecule has 22 heavy (non-hydrogen) atoms. The first-order valence-corrected chi connectivity index (χ1v) is 6.54. The van der Waals surface area contributed by atoms with Crippen LogP contribution >= 0.6 is 0 Å². The SMILES string of the molecule is CCOC(=O)/C=C/C(=O)OCC(=O)c1ccc2c(c1)OCO2. The van der Waals surface area contributed by atoms with Gasteiger partial charge in [-0.15, -0.1) is 0 Å². The fourth-order valence-electron chi connectivity index (χ4n) is 1.66. The molecule has 1 aromatic carbocycles. The van der Waals surface area contributed by atoms with Crippen LogP contribution in [0, 0.1) is 0 Å². The number of Topliss-reactive ketones (excluding diaryl/α,β-unsaturated/α-hetero) is 1. The molecule has 0 saturated heterocycles. The lowest BCUT2D eigenvalue weighted by molar-refractivity contribution is -0.139. The van der Waals surface area contributed by atoms with E-state index in [9.17, 15) is 14.4 Å². The van der Waals surface area contributed by atoms with E-state index in [1.165, 1.54) is 6.07 Å². The van der Waals surface area contributed by atoms with E-state index in [1.807, 2.05) is 0 Å². The predicted octanol–water partition coefficient (Wildman–Crippen LogP) is 1.26. The van der Waals surface area contributed by atoms with Crippen molar-refractivity contribution in [3.8, 4) is 11.5 Å². The molecule has 7 nitrogen and oxygen atoms in total. The summed E-state index contributed by atoms with van der Waals surface area (Å²) in [5.74, 6) is -0.815. The number of ketones is 1. The summed E-state index contributed by atoms with van der Waals surface area (Å²) in [5.41, 5.74) is 0.339. The Bertz CT molecular complexity index is 618. The van der Waals surface area contributed by atoms with Crippen LogP contribution in [-0.2, 0) is 19.1 Å². The van der Waals surface area contributed by atoms with Gasteiger partial charge in [0.2, 0.25) is 6.79 Å². The molecule has 2 rings (SSSR count). The first kappa shape index (κ1) is 15.6. The average molecular weight is 306 g/mol. The van der Waals surface area contributed by atoms with E-state index in [1.54, 1.807) is 19.1 Å². The fraction of sp³-hybridized carbons (Fsp3) is 0.267. The van der Waals surface area contributed by atoms with Gasteiger partial charge in [-0.2, -0.15) is 0 Å². The zero-order valence-electron chi connectivity index (χ0n) is 11.9. The largest absolute Gasteiger partial charge is 0.463 e. The van der Waals surface area contributed by atoms with E-state index in [0.717, 1.165) is 12.2 Å². The minimum Gasteiger partial charge on any atom is -0.463 e. The van der Waals surface area contributed by atoms with Crippen LogP contribution in [0.1, 0.15) is 17.3 Å². The second-order valence-electron chi connectivity index (χ2n) is 4.18. The van der Waals surface area contributed by atoms with Gasteiger partial charge in [0.25, 0.3) is 0 Å². The van der Waals surface area contributed by atoms with Crippen molar-refractivity contribution in [3.05, 3.63) is 35.9 Å². The molecule has 0 aromatic heterocycles. The molecule has 1 aliphatic rings. The molecule has 0 fully saturated rings. The second-order valence-corrected chi connectivity index (χ2v) is 4.18. The molecule has 1 aromatic rings. The first-order valence-electron chi connectivity index (χ1n) is 6.54. The standard InChI is InChI=1S/C15H14O7/c1-2-19-14(17)5-6-15(18)20-8-11(16)10-3-4-12-13(7-10)22-9-21-12/h3-7H,2,8-9H2,1H3/b6-5+. The van der Waals surface area contributed by atoms with Crippen molar-refractivity contribution in [3.63, 3.8) is 0 Å². The van der Waals surface area contributed by atoms with Crippen molar-refractivity contribution in [2.75, 3.05) is 20.0 Å². The van der Waals surface area contributed by atoms with Gasteiger partial charge in [0.15, 0.2) is 23.9 Å². The zero-order valence-corrected chi connectivity index (χ0v) is 11.9. The van der Waals surface area contributed by atoms with E-state index in [2.05, 4.69) is 4.74 Å². The third kappa shape index (κ3) is 4.08. The molecule has 0 amide bonds. The zero-order chi connectivity index (χ0) is 15.9. The second kappa shape index (κ2) is 7.26. The number of carbonyl (C=O) groups is 3. The number of rotatable bonds is 6. The summed E-state index contributed by atoms with van der Waals surface area (Å²) >= 11 is 0. The summed E-state index contributed by atoms with van der Waals surface area (Å²) < 4.78 is 19.6. The highest BCUT2D eigenvalue weighted by atomic mass is 16.7. The number of hydrogen-bond acceptors (Lipinski definition) is 7. The number of carbonyl (C=O) groups excluding carboxylic acids is 3. The van der Waals surface area contributed by atoms with Gasteiger partial charge in [0.05, 0.1) is 6.61 Å². The Morgan fingerprint density at radius 3 is 2.50 bits per heavy atom. The smallest absolute Gasteiger partial charge is 0.331 e. The summed E-state index contributed by atoms with van der Waals surface area (Å²) in [7, 11) is 0. The monoisotopic (exact) mass is 306 g/mol. The predicted molar refractivity (Wildman–Crippen MR) is 73.6 cm³/mol. The van der Waals surface area contributed by atoms with Crippen LogP contribution in [-0.4, -0.2) is 37.7 Å². The number of hydrogen-bond donors (Lipinski definition) is 0. The maximum atomic E-state index is 11.9. The summed E-state index contributed by atoms with van der Waals surface area (Å²) in [4.78, 5) is 34.3. The molecule has 0 N–H and O–H groups in total. The Balaban J connectivity index is 1.85. The highest BCUT2D eigenvalue weighted by Crippen LogP contribution is 2.32. The minimum absolute atomic E-state index is 0.112. The van der Waals surface area contributed by atoms with Gasteiger partial charge in [-0.25, -0.2) is 9.59 Å². The van der Waals surface area contributed by atoms with Crippen LogP contribution in [0.2, 0.25) is 0 Å². The Morgan fingerprint density at radius 1 is 1.09 bits per heavy atom. The minimum atomic E-state index is -0.804. The molecule has 0 radical (unpaired) electrons. The van der Waals surface area contributed by atoms with Gasteiger partial charge in [-0.3, -0.25) is 4.79 Å². The number of benzene rings is 1. The van der Waals surface area contributed by atoms with Crippen LogP contribution in [0.25, 0.3) is 0 Å². The van der Waals surface area contributed by atoms with Gasteiger partial charge in [-0.1, -0.05) is 0 Å². The quantitative estimate of drug-likeness (QED) is 0.444. The van der Waals surface area contributed by atoms with E-state index >= 15 is 0 Å². The lowest BCUT2D eigenvalue weighted by Crippen LogP contribution is -2.13. The average Bonchev–Trinajstić information content (AvgIpc) is 2.98. The lowest BCUT2D eigenvalue weighted by atomic mass is 10.1. The van der Waals surface area contributed by atoms with Crippen LogP contribution in [0.5, 0.6) is 11.5 Å². The van der Waals surface area contributed by atoms with Gasteiger partial charge in [0, 0.05) is 17.7 Å². The molecule has 116 valence electrons. The molecule has 0 spiro atoms. The number of fused-ring (bicyclic) bond motifs is 1. The molecule has 1 aliphatic heterocycles. The molecule has 7 heteroatoms. The van der Waals surface area contributed by atoms with Crippen LogP contribution in [0.15, 0.2) is 30.4 Å².